The minimum atomic E-state index is -1.07. The molecule has 1 heterocycles. The first-order valence-electron chi connectivity index (χ1n) is 7.87. The fourth-order valence-electron chi connectivity index (χ4n) is 2.68. The Morgan fingerprint density at radius 1 is 1.38 bits per heavy atom. The molecule has 8 heteroatoms. The summed E-state index contributed by atoms with van der Waals surface area (Å²) in [6.45, 7) is 0. The summed E-state index contributed by atoms with van der Waals surface area (Å²) in [5, 5.41) is 17.0. The number of rotatable bonds is 5. The molecule has 2 aromatic carbocycles. The van der Waals surface area contributed by atoms with Gasteiger partial charge in [-0.1, -0.05) is 0 Å². The molecule has 26 heavy (non-hydrogen) atoms. The van der Waals surface area contributed by atoms with E-state index in [0.717, 1.165) is 21.1 Å². The molecule has 0 radical (unpaired) electrons. The molecule has 2 aromatic rings. The van der Waals surface area contributed by atoms with Crippen molar-refractivity contribution in [1.29, 1.82) is 0 Å². The van der Waals surface area contributed by atoms with E-state index in [1.54, 1.807) is 24.0 Å². The van der Waals surface area contributed by atoms with Gasteiger partial charge >= 0.3 is 161 Å². The molecule has 1 aliphatic heterocycles. The van der Waals surface area contributed by atoms with Gasteiger partial charge in [0.25, 0.3) is 0 Å². The van der Waals surface area contributed by atoms with Crippen LogP contribution in [0.5, 0.6) is 0 Å². The predicted octanol–water partition coefficient (Wildman–Crippen LogP) is -0.108. The molecule has 134 valence electrons. The van der Waals surface area contributed by atoms with Gasteiger partial charge in [-0.15, -0.1) is 11.8 Å². The molecule has 1 amide bonds. The van der Waals surface area contributed by atoms with Gasteiger partial charge in [-0.25, -0.2) is 0 Å². The Labute approximate surface area is 177 Å². The zero-order valence-corrected chi connectivity index (χ0v) is 19.1. The van der Waals surface area contributed by atoms with Gasteiger partial charge in [-0.05, 0) is 6.26 Å². The van der Waals surface area contributed by atoms with Gasteiger partial charge < -0.3 is 0 Å². The molecule has 1 N–H and O–H groups in total. The zero-order valence-electron chi connectivity index (χ0n) is 14.0. The van der Waals surface area contributed by atoms with Crippen LogP contribution in [-0.2, 0) is 6.42 Å². The fraction of sp³-hybridized carbons (Fsp3) is 0.111. The van der Waals surface area contributed by atoms with E-state index >= 15 is 0 Å². The number of amides is 1. The van der Waals surface area contributed by atoms with E-state index in [-0.39, 0.29) is 23.1 Å². The zero-order chi connectivity index (χ0) is 18.5. The first-order valence-corrected chi connectivity index (χ1v) is 16.5. The number of nitrogens with zero attached hydrogens (tertiary/aromatic N) is 2. The third-order valence-electron chi connectivity index (χ3n) is 3.96. The van der Waals surface area contributed by atoms with Crippen molar-refractivity contribution in [3.05, 3.63) is 74.2 Å². The summed E-state index contributed by atoms with van der Waals surface area (Å²) in [7, 11) is -1.07. The molecule has 0 atom stereocenters. The Morgan fingerprint density at radius 2 is 2.19 bits per heavy atom. The second-order valence-corrected chi connectivity index (χ2v) is 10.6. The molecule has 0 saturated heterocycles. The third kappa shape index (κ3) is 4.34. The second-order valence-electron chi connectivity index (χ2n) is 5.59. The van der Waals surface area contributed by atoms with Crippen LogP contribution in [0.15, 0.2) is 59.1 Å². The first-order chi connectivity index (χ1) is 12.7. The SMILES string of the molecule is CS/C=C/Cc1ccc2c(c1)C=NN(C(=O)c1ccccc1[I-]I)B2O. The number of carbonyl (C=O) groups excluding carboxylic acids is 1. The summed E-state index contributed by atoms with van der Waals surface area (Å²) in [6, 6.07) is 13.4. The molecule has 1 aliphatic rings. The molecule has 0 aliphatic carbocycles. The number of benzene rings is 2. The Balaban J connectivity index is 1.86. The van der Waals surface area contributed by atoms with E-state index in [1.807, 2.05) is 42.7 Å². The van der Waals surface area contributed by atoms with Gasteiger partial charge in [-0.3, -0.25) is 0 Å². The molecule has 4 nitrogen and oxygen atoms in total. The van der Waals surface area contributed by atoms with Crippen molar-refractivity contribution in [3.63, 3.8) is 0 Å². The molecule has 3 rings (SSSR count). The topological polar surface area (TPSA) is 52.9 Å². The van der Waals surface area contributed by atoms with E-state index in [4.69, 9.17) is 0 Å². The van der Waals surface area contributed by atoms with Crippen LogP contribution in [0.1, 0.15) is 21.5 Å². The number of thioether (sulfide) groups is 1. The Morgan fingerprint density at radius 3 is 2.96 bits per heavy atom. The van der Waals surface area contributed by atoms with Gasteiger partial charge in [0.15, 0.2) is 0 Å². The Hall–Kier alpha value is -0.845. The fourth-order valence-corrected chi connectivity index (χ4v) is 6.33. The molecule has 0 unspecified atom stereocenters. The van der Waals surface area contributed by atoms with Crippen molar-refractivity contribution in [3.8, 4) is 0 Å². The number of hydrogen-bond donors (Lipinski definition) is 1. The quantitative estimate of drug-likeness (QED) is 0.392. The van der Waals surface area contributed by atoms with Crippen molar-refractivity contribution in [2.24, 2.45) is 5.10 Å². The predicted molar refractivity (Wildman–Crippen MR) is 113 cm³/mol. The molecular formula is C18H16BI2N2O2S-. The third-order valence-corrected chi connectivity index (χ3v) is 8.75. The summed E-state index contributed by atoms with van der Waals surface area (Å²) in [5.74, 6) is -0.265. The first kappa shape index (κ1) is 19.9. The van der Waals surface area contributed by atoms with Crippen molar-refractivity contribution >= 4 is 55.0 Å². The van der Waals surface area contributed by atoms with Crippen molar-refractivity contribution in [2.45, 2.75) is 6.42 Å². The van der Waals surface area contributed by atoms with Gasteiger partial charge in [0.1, 0.15) is 0 Å². The average Bonchev–Trinajstić information content (AvgIpc) is 2.68. The van der Waals surface area contributed by atoms with Gasteiger partial charge in [-0.2, -0.15) is 0 Å². The summed E-state index contributed by atoms with van der Waals surface area (Å²) in [5.41, 5.74) is 3.32. The summed E-state index contributed by atoms with van der Waals surface area (Å²) in [4.78, 5) is 14.1. The number of halogens is 2. The number of hydrazone groups is 1. The van der Waals surface area contributed by atoms with Crippen molar-refractivity contribution < 1.29 is 27.0 Å². The van der Waals surface area contributed by atoms with Crippen molar-refractivity contribution in [2.75, 3.05) is 6.26 Å². The maximum atomic E-state index is 12.9. The molecular weight excluding hydrogens is 573 g/mol. The second kappa shape index (κ2) is 9.38. The minimum absolute atomic E-state index is 0.265. The van der Waals surface area contributed by atoms with Crippen LogP contribution >= 0.6 is 30.4 Å². The van der Waals surface area contributed by atoms with E-state index in [0.29, 0.717) is 11.0 Å². The van der Waals surface area contributed by atoms with Crippen LogP contribution in [0, 0.1) is 3.57 Å². The average molecular weight is 589 g/mol. The number of hydrogen-bond acceptors (Lipinski definition) is 4. The van der Waals surface area contributed by atoms with Gasteiger partial charge in [0.05, 0.1) is 0 Å². The maximum absolute atomic E-state index is 12.9. The number of allylic oxidation sites excluding steroid dienone is 1. The van der Waals surface area contributed by atoms with Crippen LogP contribution in [0.2, 0.25) is 0 Å². The molecule has 0 bridgehead atoms. The number of fused-ring (bicyclic) bond motifs is 1. The summed E-state index contributed by atoms with van der Waals surface area (Å²) >= 11 is 3.73. The van der Waals surface area contributed by atoms with Crippen LogP contribution in [-0.4, -0.2) is 35.4 Å². The van der Waals surface area contributed by atoms with Gasteiger partial charge in [0, 0.05) is 0 Å². The summed E-state index contributed by atoms with van der Waals surface area (Å²) in [6.07, 6.45) is 6.61. The van der Waals surface area contributed by atoms with Gasteiger partial charge in [0.2, 0.25) is 0 Å². The van der Waals surface area contributed by atoms with Crippen LogP contribution in [0.25, 0.3) is 0 Å². The number of carbonyl (C=O) groups is 1. The monoisotopic (exact) mass is 589 g/mol. The van der Waals surface area contributed by atoms with E-state index in [9.17, 15) is 9.82 Å². The normalized spacial score (nSPS) is 13.5. The Bertz CT molecular complexity index is 876. The molecule has 0 spiro atoms. The van der Waals surface area contributed by atoms with E-state index in [2.05, 4.69) is 35.2 Å². The van der Waals surface area contributed by atoms with E-state index < -0.39 is 7.05 Å². The standard InChI is InChI=1S/C18H16BI2N2O2S/c1-26-10-4-5-13-8-9-16-14(11-13)12-22-23(19(16)25)18(24)15-6-2-3-7-17(15)21-20/h2-4,6-12,25H,5H2,1H3/q-1/b10-4+. The van der Waals surface area contributed by atoms with E-state index in [1.165, 1.54) is 4.92 Å². The van der Waals surface area contributed by atoms with Crippen LogP contribution < -0.4 is 22.7 Å². The van der Waals surface area contributed by atoms with Crippen LogP contribution in [0.4, 0.5) is 0 Å². The Kier molecular flexibility index (Phi) is 7.18. The molecule has 0 saturated carbocycles. The van der Waals surface area contributed by atoms with Crippen LogP contribution in [0.3, 0.4) is 0 Å². The van der Waals surface area contributed by atoms with Crippen molar-refractivity contribution in [1.82, 2.24) is 4.92 Å². The summed E-state index contributed by atoms with van der Waals surface area (Å²) < 4.78 is 1.04. The molecule has 0 fully saturated rings. The molecule has 0 aromatic heterocycles.